The van der Waals surface area contributed by atoms with Gasteiger partial charge in [0.1, 0.15) is 0 Å². The lowest BCUT2D eigenvalue weighted by molar-refractivity contribution is 0.361. The molecule has 262 valence electrons. The molecule has 0 aromatic heterocycles. The van der Waals surface area contributed by atoms with Crippen molar-refractivity contribution in [3.63, 3.8) is 0 Å². The highest BCUT2D eigenvalue weighted by atomic mass is 16.6. The van der Waals surface area contributed by atoms with Gasteiger partial charge in [0.25, 0.3) is 0 Å². The maximum absolute atomic E-state index is 7.15. The molecule has 0 atom stereocenters. The van der Waals surface area contributed by atoms with Gasteiger partial charge in [-0.2, -0.15) is 0 Å². The highest BCUT2D eigenvalue weighted by molar-refractivity contribution is 5.99. The molecule has 0 N–H and O–H groups in total. The van der Waals surface area contributed by atoms with Crippen LogP contribution >= 0.6 is 0 Å². The number of benzene rings is 9. The lowest BCUT2D eigenvalue weighted by Crippen LogP contribution is -2.25. The number of nitrogens with zero attached hydrogens (tertiary/aromatic N) is 1. The van der Waals surface area contributed by atoms with Crippen molar-refractivity contribution < 1.29 is 9.47 Å². The van der Waals surface area contributed by atoms with Gasteiger partial charge in [0, 0.05) is 16.8 Å². The molecule has 0 amide bonds. The Hall–Kier alpha value is -7.36. The summed E-state index contributed by atoms with van der Waals surface area (Å²) in [6, 6.07) is 71.5. The number of ether oxygens (including phenoxy) is 2. The third-order valence-corrected chi connectivity index (χ3v) is 11.9. The molecule has 9 aromatic carbocycles. The highest BCUT2D eigenvalue weighted by Gasteiger charge is 2.53. The van der Waals surface area contributed by atoms with Crippen molar-refractivity contribution >= 4 is 27.8 Å². The molecule has 0 fully saturated rings. The van der Waals surface area contributed by atoms with Crippen LogP contribution in [0.5, 0.6) is 23.0 Å². The minimum Gasteiger partial charge on any atom is -0.449 e. The second kappa shape index (κ2) is 11.8. The predicted octanol–water partition coefficient (Wildman–Crippen LogP) is 14.2. The molecular formula is C53H33NO2. The van der Waals surface area contributed by atoms with Crippen molar-refractivity contribution in [2.75, 3.05) is 4.90 Å². The second-order valence-electron chi connectivity index (χ2n) is 14.8. The fourth-order valence-corrected chi connectivity index (χ4v) is 9.65. The molecule has 1 aliphatic heterocycles. The molecule has 3 heteroatoms. The first-order chi connectivity index (χ1) is 27.8. The SMILES string of the molecule is c1ccc(-c2ccccc2N(c2ccc3ccccc3c2)c2cccc3c2Oc2ccc4c(c2O3)-c2ccccc2C42c3ccccc3-c3ccccc32)cc1. The van der Waals surface area contributed by atoms with Crippen molar-refractivity contribution in [1.29, 1.82) is 0 Å². The zero-order valence-corrected chi connectivity index (χ0v) is 30.3. The van der Waals surface area contributed by atoms with E-state index in [-0.39, 0.29) is 0 Å². The Bertz CT molecular complexity index is 3010. The molecule has 9 aromatic rings. The Balaban J connectivity index is 1.06. The largest absolute Gasteiger partial charge is 0.449 e. The number of hydrogen-bond acceptors (Lipinski definition) is 3. The molecular weight excluding hydrogens is 683 g/mol. The zero-order chi connectivity index (χ0) is 36.8. The lowest BCUT2D eigenvalue weighted by Gasteiger charge is -2.33. The summed E-state index contributed by atoms with van der Waals surface area (Å²) in [4.78, 5) is 2.31. The van der Waals surface area contributed by atoms with Gasteiger partial charge in [0.15, 0.2) is 23.0 Å². The van der Waals surface area contributed by atoms with Gasteiger partial charge in [0.2, 0.25) is 0 Å². The fraction of sp³-hybridized carbons (Fsp3) is 0.0189. The number of hydrogen-bond donors (Lipinski definition) is 0. The minimum absolute atomic E-state index is 0.465. The highest BCUT2D eigenvalue weighted by Crippen LogP contribution is 2.66. The molecule has 0 saturated heterocycles. The monoisotopic (exact) mass is 715 g/mol. The molecule has 2 aliphatic carbocycles. The van der Waals surface area contributed by atoms with E-state index >= 15 is 0 Å². The molecule has 0 bridgehead atoms. The average molecular weight is 716 g/mol. The van der Waals surface area contributed by atoms with E-state index in [9.17, 15) is 0 Å². The van der Waals surface area contributed by atoms with Crippen LogP contribution in [0.3, 0.4) is 0 Å². The maximum atomic E-state index is 7.15. The summed E-state index contributed by atoms with van der Waals surface area (Å²) in [6.07, 6.45) is 0. The summed E-state index contributed by atoms with van der Waals surface area (Å²) in [7, 11) is 0. The van der Waals surface area contributed by atoms with E-state index in [0.717, 1.165) is 44.9 Å². The molecule has 1 heterocycles. The van der Waals surface area contributed by atoms with Gasteiger partial charge in [-0.15, -0.1) is 0 Å². The number of para-hydroxylation sites is 2. The zero-order valence-electron chi connectivity index (χ0n) is 30.3. The van der Waals surface area contributed by atoms with Crippen LogP contribution in [-0.4, -0.2) is 0 Å². The van der Waals surface area contributed by atoms with Crippen molar-refractivity contribution in [2.45, 2.75) is 5.41 Å². The Labute approximate surface area is 325 Å². The smallest absolute Gasteiger partial charge is 0.194 e. The van der Waals surface area contributed by atoms with Crippen molar-refractivity contribution in [3.05, 3.63) is 222 Å². The molecule has 56 heavy (non-hydrogen) atoms. The summed E-state index contributed by atoms with van der Waals surface area (Å²) >= 11 is 0. The molecule has 0 saturated carbocycles. The number of fused-ring (bicyclic) bond motifs is 14. The van der Waals surface area contributed by atoms with Crippen LogP contribution in [-0.2, 0) is 5.41 Å². The number of anilines is 3. The lowest BCUT2D eigenvalue weighted by atomic mass is 9.70. The van der Waals surface area contributed by atoms with Crippen LogP contribution < -0.4 is 14.4 Å². The standard InChI is InChI=1S/C53H33NO2/c1-2-16-35(17-3-1)38-19-9-13-26-46(38)54(37-30-29-34-15-4-5-18-36(34)33-37)47-27-14-28-48-51(47)55-49-32-31-45-50(52(49)56-48)41-22-8-12-25-44(41)53(45)42-23-10-6-20-39(42)40-21-7-11-24-43(40)53/h1-33H. The van der Waals surface area contributed by atoms with Crippen LogP contribution in [0.1, 0.15) is 22.3 Å². The van der Waals surface area contributed by atoms with E-state index in [1.165, 1.54) is 44.3 Å². The summed E-state index contributed by atoms with van der Waals surface area (Å²) in [6.45, 7) is 0. The Kier molecular flexibility index (Phi) is 6.55. The Morgan fingerprint density at radius 3 is 1.70 bits per heavy atom. The van der Waals surface area contributed by atoms with E-state index in [1.807, 2.05) is 6.07 Å². The van der Waals surface area contributed by atoms with Crippen LogP contribution in [0.4, 0.5) is 17.1 Å². The van der Waals surface area contributed by atoms with E-state index in [4.69, 9.17) is 9.47 Å². The van der Waals surface area contributed by atoms with Gasteiger partial charge < -0.3 is 14.4 Å². The average Bonchev–Trinajstić information content (AvgIpc) is 3.74. The van der Waals surface area contributed by atoms with Gasteiger partial charge in [0.05, 0.1) is 16.8 Å². The fourth-order valence-electron chi connectivity index (χ4n) is 9.65. The van der Waals surface area contributed by atoms with E-state index < -0.39 is 5.41 Å². The first-order valence-corrected chi connectivity index (χ1v) is 19.2. The molecule has 0 unspecified atom stereocenters. The van der Waals surface area contributed by atoms with Gasteiger partial charge in [-0.05, 0) is 91.7 Å². The third kappa shape index (κ3) is 4.22. The maximum Gasteiger partial charge on any atom is 0.194 e. The van der Waals surface area contributed by atoms with E-state index in [1.54, 1.807) is 0 Å². The minimum atomic E-state index is -0.465. The van der Waals surface area contributed by atoms with Gasteiger partial charge in [-0.3, -0.25) is 0 Å². The molecule has 0 radical (unpaired) electrons. The van der Waals surface area contributed by atoms with Gasteiger partial charge in [-0.25, -0.2) is 0 Å². The summed E-state index contributed by atoms with van der Waals surface area (Å²) in [5.74, 6) is 2.80. The summed E-state index contributed by atoms with van der Waals surface area (Å²) in [5, 5.41) is 2.35. The van der Waals surface area contributed by atoms with Crippen molar-refractivity contribution in [3.8, 4) is 56.4 Å². The van der Waals surface area contributed by atoms with Crippen LogP contribution in [0.15, 0.2) is 200 Å². The molecule has 3 nitrogen and oxygen atoms in total. The quantitative estimate of drug-likeness (QED) is 0.181. The summed E-state index contributed by atoms with van der Waals surface area (Å²) < 4.78 is 14.3. The Morgan fingerprint density at radius 1 is 0.357 bits per heavy atom. The van der Waals surface area contributed by atoms with Crippen LogP contribution in [0.2, 0.25) is 0 Å². The van der Waals surface area contributed by atoms with Crippen molar-refractivity contribution in [2.24, 2.45) is 0 Å². The van der Waals surface area contributed by atoms with Crippen LogP contribution in [0.25, 0.3) is 44.2 Å². The summed E-state index contributed by atoms with van der Waals surface area (Å²) in [5.41, 5.74) is 14.6. The number of rotatable bonds is 4. The van der Waals surface area contributed by atoms with Gasteiger partial charge in [-0.1, -0.05) is 164 Å². The molecule has 12 rings (SSSR count). The first-order valence-electron chi connectivity index (χ1n) is 19.2. The topological polar surface area (TPSA) is 21.7 Å². The van der Waals surface area contributed by atoms with E-state index in [0.29, 0.717) is 17.2 Å². The van der Waals surface area contributed by atoms with E-state index in [2.05, 4.69) is 199 Å². The second-order valence-corrected chi connectivity index (χ2v) is 14.8. The molecule has 3 aliphatic rings. The first kappa shape index (κ1) is 31.0. The third-order valence-electron chi connectivity index (χ3n) is 11.9. The Morgan fingerprint density at radius 2 is 0.929 bits per heavy atom. The molecule has 1 spiro atoms. The van der Waals surface area contributed by atoms with Gasteiger partial charge >= 0.3 is 0 Å². The normalized spacial score (nSPS) is 13.4. The predicted molar refractivity (Wildman–Crippen MR) is 227 cm³/mol. The van der Waals surface area contributed by atoms with Crippen LogP contribution in [0, 0.1) is 0 Å². The van der Waals surface area contributed by atoms with Crippen molar-refractivity contribution in [1.82, 2.24) is 0 Å².